The van der Waals surface area contributed by atoms with Gasteiger partial charge in [-0.3, -0.25) is 0 Å². The fourth-order valence-electron chi connectivity index (χ4n) is 4.15. The van der Waals surface area contributed by atoms with Crippen LogP contribution < -0.4 is 5.32 Å². The lowest BCUT2D eigenvalue weighted by atomic mass is 9.90. The van der Waals surface area contributed by atoms with Gasteiger partial charge in [0.25, 0.3) is 0 Å². The Labute approximate surface area is 172 Å². The highest BCUT2D eigenvalue weighted by atomic mass is 14.9. The molecule has 1 N–H and O–H groups in total. The van der Waals surface area contributed by atoms with Crippen LogP contribution in [0.1, 0.15) is 125 Å². The number of unbranched alkanes of at least 4 members (excludes halogenated alkanes) is 2. The Morgan fingerprint density at radius 2 is 1.26 bits per heavy atom. The van der Waals surface area contributed by atoms with Crippen molar-refractivity contribution in [1.29, 1.82) is 0 Å². The Hall–Kier alpha value is -0.720. The Bertz CT molecular complexity index is 387. The number of nitrogens with one attached hydrogen (secondary N) is 1. The first-order chi connectivity index (χ1) is 13.1. The van der Waals surface area contributed by atoms with Crippen molar-refractivity contribution >= 4 is 0 Å². The SMILES string of the molecule is C=C(NCC(CC)CCCC)C(CCCC(CC)CCCC)=C(CC)CC. The summed E-state index contributed by atoms with van der Waals surface area (Å²) in [7, 11) is 0. The maximum absolute atomic E-state index is 4.46. The molecule has 1 nitrogen and oxygen atoms in total. The van der Waals surface area contributed by atoms with E-state index >= 15 is 0 Å². The molecule has 0 aromatic heterocycles. The second-order valence-corrected chi connectivity index (χ2v) is 8.37. The molecule has 160 valence electrons. The van der Waals surface area contributed by atoms with Crippen LogP contribution in [0.5, 0.6) is 0 Å². The van der Waals surface area contributed by atoms with Crippen LogP contribution in [0.4, 0.5) is 0 Å². The van der Waals surface area contributed by atoms with Crippen LogP contribution in [0.25, 0.3) is 0 Å². The second kappa shape index (κ2) is 17.4. The average molecular weight is 378 g/mol. The summed E-state index contributed by atoms with van der Waals surface area (Å²) in [5, 5.41) is 3.73. The molecule has 0 saturated carbocycles. The van der Waals surface area contributed by atoms with Gasteiger partial charge in [0, 0.05) is 12.2 Å². The van der Waals surface area contributed by atoms with Crippen LogP contribution in [0.15, 0.2) is 23.4 Å². The van der Waals surface area contributed by atoms with Crippen LogP contribution in [-0.4, -0.2) is 6.54 Å². The van der Waals surface area contributed by atoms with E-state index in [4.69, 9.17) is 0 Å². The lowest BCUT2D eigenvalue weighted by Gasteiger charge is -2.22. The first kappa shape index (κ1) is 26.3. The van der Waals surface area contributed by atoms with Gasteiger partial charge in [0.05, 0.1) is 0 Å². The zero-order valence-electron chi connectivity index (χ0n) is 19.8. The van der Waals surface area contributed by atoms with Crippen molar-refractivity contribution in [3.8, 4) is 0 Å². The Kier molecular flexibility index (Phi) is 16.9. The molecule has 0 heterocycles. The van der Waals surface area contributed by atoms with Crippen LogP contribution in [0, 0.1) is 11.8 Å². The summed E-state index contributed by atoms with van der Waals surface area (Å²) < 4.78 is 0. The predicted molar refractivity (Wildman–Crippen MR) is 125 cm³/mol. The standard InChI is InChI=1S/C26H51N/c1-8-14-17-23(10-3)19-16-20-26(25(12-5)13-6)22(7)27-21-24(11-4)18-15-9-2/h23-24,27H,7-21H2,1-6H3. The summed E-state index contributed by atoms with van der Waals surface area (Å²) in [5.74, 6) is 1.70. The van der Waals surface area contributed by atoms with Gasteiger partial charge >= 0.3 is 0 Å². The van der Waals surface area contributed by atoms with Gasteiger partial charge in [-0.05, 0) is 49.5 Å². The van der Waals surface area contributed by atoms with Gasteiger partial charge in [-0.1, -0.05) is 105 Å². The van der Waals surface area contributed by atoms with Crippen LogP contribution in [0.3, 0.4) is 0 Å². The smallest absolute Gasteiger partial charge is 0.0299 e. The first-order valence-corrected chi connectivity index (χ1v) is 12.2. The number of allylic oxidation sites excluding steroid dienone is 2. The number of hydrogen-bond acceptors (Lipinski definition) is 1. The molecule has 2 atom stereocenters. The van der Waals surface area contributed by atoms with Gasteiger partial charge < -0.3 is 5.32 Å². The van der Waals surface area contributed by atoms with Crippen LogP contribution in [-0.2, 0) is 0 Å². The first-order valence-electron chi connectivity index (χ1n) is 12.2. The molecule has 27 heavy (non-hydrogen) atoms. The minimum Gasteiger partial charge on any atom is -0.385 e. The van der Waals surface area contributed by atoms with E-state index in [0.717, 1.165) is 31.2 Å². The zero-order valence-corrected chi connectivity index (χ0v) is 19.8. The summed E-state index contributed by atoms with van der Waals surface area (Å²) in [6, 6.07) is 0. The maximum atomic E-state index is 4.46. The third-order valence-corrected chi connectivity index (χ3v) is 6.37. The predicted octanol–water partition coefficient (Wildman–Crippen LogP) is 8.81. The molecule has 0 spiro atoms. The molecular formula is C26H51N. The van der Waals surface area contributed by atoms with E-state index in [2.05, 4.69) is 53.4 Å². The van der Waals surface area contributed by atoms with E-state index in [1.54, 1.807) is 5.57 Å². The summed E-state index contributed by atoms with van der Waals surface area (Å²) in [4.78, 5) is 0. The quantitative estimate of drug-likeness (QED) is 0.235. The van der Waals surface area contributed by atoms with E-state index in [1.807, 2.05) is 0 Å². The fourth-order valence-corrected chi connectivity index (χ4v) is 4.15. The maximum Gasteiger partial charge on any atom is 0.0299 e. The van der Waals surface area contributed by atoms with Crippen molar-refractivity contribution in [3.05, 3.63) is 23.4 Å². The topological polar surface area (TPSA) is 12.0 Å². The molecular weight excluding hydrogens is 326 g/mol. The average Bonchev–Trinajstić information content (AvgIpc) is 2.69. The molecule has 0 aliphatic rings. The van der Waals surface area contributed by atoms with E-state index in [-0.39, 0.29) is 0 Å². The Morgan fingerprint density at radius 1 is 0.741 bits per heavy atom. The molecule has 0 saturated heterocycles. The van der Waals surface area contributed by atoms with E-state index < -0.39 is 0 Å². The molecule has 0 radical (unpaired) electrons. The lowest BCUT2D eigenvalue weighted by Crippen LogP contribution is -2.23. The number of rotatable bonds is 18. The molecule has 2 unspecified atom stereocenters. The molecule has 0 aliphatic carbocycles. The van der Waals surface area contributed by atoms with Crippen molar-refractivity contribution in [2.24, 2.45) is 11.8 Å². The molecule has 0 aliphatic heterocycles. The summed E-state index contributed by atoms with van der Waals surface area (Å²) in [6.07, 6.45) is 16.9. The van der Waals surface area contributed by atoms with Crippen LogP contribution in [0.2, 0.25) is 0 Å². The normalized spacial score (nSPS) is 13.3. The van der Waals surface area contributed by atoms with Gasteiger partial charge in [-0.2, -0.15) is 0 Å². The van der Waals surface area contributed by atoms with Crippen molar-refractivity contribution in [3.63, 3.8) is 0 Å². The summed E-state index contributed by atoms with van der Waals surface area (Å²) in [6.45, 7) is 19.4. The van der Waals surface area contributed by atoms with Crippen molar-refractivity contribution in [1.82, 2.24) is 5.32 Å². The highest BCUT2D eigenvalue weighted by Crippen LogP contribution is 2.27. The molecule has 0 rings (SSSR count). The van der Waals surface area contributed by atoms with Crippen LogP contribution >= 0.6 is 0 Å². The fraction of sp³-hybridized carbons (Fsp3) is 0.846. The van der Waals surface area contributed by atoms with Crippen molar-refractivity contribution < 1.29 is 0 Å². The molecule has 0 fully saturated rings. The third-order valence-electron chi connectivity index (χ3n) is 6.37. The monoisotopic (exact) mass is 377 g/mol. The lowest BCUT2D eigenvalue weighted by molar-refractivity contribution is 0.408. The van der Waals surface area contributed by atoms with E-state index in [9.17, 15) is 0 Å². The van der Waals surface area contributed by atoms with E-state index in [0.29, 0.717) is 0 Å². The van der Waals surface area contributed by atoms with Gasteiger partial charge in [0.2, 0.25) is 0 Å². The Morgan fingerprint density at radius 3 is 1.74 bits per heavy atom. The molecule has 0 bridgehead atoms. The highest BCUT2D eigenvalue weighted by molar-refractivity contribution is 5.32. The summed E-state index contributed by atoms with van der Waals surface area (Å²) in [5.41, 5.74) is 4.36. The molecule has 0 aromatic carbocycles. The third kappa shape index (κ3) is 11.7. The number of hydrogen-bond donors (Lipinski definition) is 1. The largest absolute Gasteiger partial charge is 0.385 e. The molecule has 0 aromatic rings. The van der Waals surface area contributed by atoms with Gasteiger partial charge in [0.15, 0.2) is 0 Å². The van der Waals surface area contributed by atoms with Gasteiger partial charge in [0.1, 0.15) is 0 Å². The summed E-state index contributed by atoms with van der Waals surface area (Å²) >= 11 is 0. The minimum absolute atomic E-state index is 0.785. The van der Waals surface area contributed by atoms with Gasteiger partial charge in [-0.25, -0.2) is 0 Å². The Balaban J connectivity index is 4.76. The molecule has 1 heteroatoms. The van der Waals surface area contributed by atoms with Crippen molar-refractivity contribution in [2.45, 2.75) is 125 Å². The zero-order chi connectivity index (χ0) is 20.5. The van der Waals surface area contributed by atoms with E-state index in [1.165, 1.54) is 81.9 Å². The minimum atomic E-state index is 0.785. The highest BCUT2D eigenvalue weighted by Gasteiger charge is 2.13. The van der Waals surface area contributed by atoms with Gasteiger partial charge in [-0.15, -0.1) is 0 Å². The van der Waals surface area contributed by atoms with Crippen molar-refractivity contribution in [2.75, 3.05) is 6.54 Å². The second-order valence-electron chi connectivity index (χ2n) is 8.37. The molecule has 0 amide bonds.